The maximum Gasteiger partial charge on any atom is 0.132 e. The Morgan fingerprint density at radius 2 is 1.92 bits per heavy atom. The van der Waals surface area contributed by atoms with E-state index in [-0.39, 0.29) is 17.6 Å². The van der Waals surface area contributed by atoms with Crippen molar-refractivity contribution >= 4 is 12.1 Å². The molecule has 0 N–H and O–H groups in total. The van der Waals surface area contributed by atoms with E-state index >= 15 is 0 Å². The number of Topliss-reactive ketones (excluding diaryl/α,β-unsaturated/α-hetero) is 1. The van der Waals surface area contributed by atoms with Crippen LogP contribution in [0.1, 0.15) is 40.0 Å². The van der Waals surface area contributed by atoms with Crippen LogP contribution < -0.4 is 0 Å². The van der Waals surface area contributed by atoms with E-state index in [1.807, 2.05) is 13.8 Å². The molecule has 0 aliphatic heterocycles. The summed E-state index contributed by atoms with van der Waals surface area (Å²) in [5.41, 5.74) is 0. The first-order chi connectivity index (χ1) is 5.65. The highest BCUT2D eigenvalue weighted by Gasteiger charge is 2.16. The molecule has 0 fully saturated rings. The van der Waals surface area contributed by atoms with E-state index in [4.69, 9.17) is 0 Å². The van der Waals surface area contributed by atoms with Crippen molar-refractivity contribution in [1.29, 1.82) is 0 Å². The second-order valence-corrected chi connectivity index (χ2v) is 3.26. The lowest BCUT2D eigenvalue weighted by atomic mass is 9.89. The van der Waals surface area contributed by atoms with Crippen LogP contribution in [0.15, 0.2) is 0 Å². The van der Waals surface area contributed by atoms with E-state index in [0.29, 0.717) is 0 Å². The van der Waals surface area contributed by atoms with Gasteiger partial charge >= 0.3 is 0 Å². The molecule has 0 aliphatic carbocycles. The number of rotatable bonds is 6. The zero-order valence-electron chi connectivity index (χ0n) is 8.17. The van der Waals surface area contributed by atoms with Gasteiger partial charge in [-0.3, -0.25) is 4.79 Å². The van der Waals surface area contributed by atoms with Crippen molar-refractivity contribution in [2.45, 2.75) is 40.0 Å². The van der Waals surface area contributed by atoms with Crippen LogP contribution in [0.5, 0.6) is 0 Å². The molecule has 0 aromatic heterocycles. The molecular formula is C10H18O2. The van der Waals surface area contributed by atoms with E-state index < -0.39 is 0 Å². The first-order valence-corrected chi connectivity index (χ1v) is 4.61. The Balaban J connectivity index is 3.99. The van der Waals surface area contributed by atoms with Gasteiger partial charge < -0.3 is 4.79 Å². The second-order valence-electron chi connectivity index (χ2n) is 3.26. The van der Waals surface area contributed by atoms with E-state index in [2.05, 4.69) is 0 Å². The highest BCUT2D eigenvalue weighted by molar-refractivity contribution is 5.78. The fourth-order valence-electron chi connectivity index (χ4n) is 1.30. The van der Waals surface area contributed by atoms with Gasteiger partial charge in [0, 0.05) is 11.8 Å². The largest absolute Gasteiger partial charge is 0.303 e. The van der Waals surface area contributed by atoms with Crippen LogP contribution in [0.2, 0.25) is 0 Å². The van der Waals surface area contributed by atoms with Gasteiger partial charge in [0.05, 0.1) is 0 Å². The number of carbonyl (C=O) groups is 2. The molecule has 0 bridgehead atoms. The molecule has 70 valence electrons. The Morgan fingerprint density at radius 1 is 1.33 bits per heavy atom. The summed E-state index contributed by atoms with van der Waals surface area (Å²) in [5, 5.41) is 0. The monoisotopic (exact) mass is 170 g/mol. The lowest BCUT2D eigenvalue weighted by Gasteiger charge is -2.14. The van der Waals surface area contributed by atoms with Gasteiger partial charge in [0.2, 0.25) is 0 Å². The predicted octanol–water partition coefficient (Wildman–Crippen LogP) is 2.22. The second kappa shape index (κ2) is 5.92. The Morgan fingerprint density at radius 3 is 2.17 bits per heavy atom. The number of ketones is 1. The average molecular weight is 170 g/mol. The summed E-state index contributed by atoms with van der Waals surface area (Å²) in [7, 11) is 0. The van der Waals surface area contributed by atoms with E-state index in [1.54, 1.807) is 6.92 Å². The van der Waals surface area contributed by atoms with Gasteiger partial charge in [-0.2, -0.15) is 0 Å². The Kier molecular flexibility index (Phi) is 5.60. The van der Waals surface area contributed by atoms with Gasteiger partial charge in [0.1, 0.15) is 12.1 Å². The van der Waals surface area contributed by atoms with E-state index in [9.17, 15) is 9.59 Å². The fraction of sp³-hybridized carbons (Fsp3) is 0.800. The van der Waals surface area contributed by atoms with Crippen molar-refractivity contribution < 1.29 is 9.59 Å². The third kappa shape index (κ3) is 3.65. The number of aldehydes is 1. The number of hydrogen-bond acceptors (Lipinski definition) is 2. The third-order valence-corrected chi connectivity index (χ3v) is 2.37. The summed E-state index contributed by atoms with van der Waals surface area (Å²) in [4.78, 5) is 21.5. The SMILES string of the molecule is CC[C@H](C=O)C[C@@H](CC)C(C)=O. The van der Waals surface area contributed by atoms with Crippen molar-refractivity contribution in [3.05, 3.63) is 0 Å². The summed E-state index contributed by atoms with van der Waals surface area (Å²) in [6.07, 6.45) is 3.38. The Hall–Kier alpha value is -0.660. The Labute approximate surface area is 74.3 Å². The average Bonchev–Trinajstić information content (AvgIpc) is 2.06. The molecule has 0 radical (unpaired) electrons. The number of carbonyl (C=O) groups excluding carboxylic acids is 2. The molecule has 2 heteroatoms. The van der Waals surface area contributed by atoms with Crippen LogP contribution in [0.25, 0.3) is 0 Å². The van der Waals surface area contributed by atoms with Gasteiger partial charge in [-0.1, -0.05) is 13.8 Å². The summed E-state index contributed by atoms with van der Waals surface area (Å²) < 4.78 is 0. The normalized spacial score (nSPS) is 15.2. The smallest absolute Gasteiger partial charge is 0.132 e. The fourth-order valence-corrected chi connectivity index (χ4v) is 1.30. The van der Waals surface area contributed by atoms with Crippen LogP contribution in [-0.4, -0.2) is 12.1 Å². The lowest BCUT2D eigenvalue weighted by Crippen LogP contribution is -2.15. The van der Waals surface area contributed by atoms with E-state index in [0.717, 1.165) is 25.5 Å². The summed E-state index contributed by atoms with van der Waals surface area (Å²) >= 11 is 0. The minimum atomic E-state index is 0.0684. The highest BCUT2D eigenvalue weighted by atomic mass is 16.1. The van der Waals surface area contributed by atoms with Crippen molar-refractivity contribution in [2.75, 3.05) is 0 Å². The first kappa shape index (κ1) is 11.3. The van der Waals surface area contributed by atoms with Crippen molar-refractivity contribution in [3.8, 4) is 0 Å². The van der Waals surface area contributed by atoms with Gasteiger partial charge in [-0.25, -0.2) is 0 Å². The molecule has 2 atom stereocenters. The molecule has 0 saturated carbocycles. The first-order valence-electron chi connectivity index (χ1n) is 4.61. The molecule has 0 aromatic carbocycles. The minimum absolute atomic E-state index is 0.0684. The molecule has 0 amide bonds. The molecule has 0 rings (SSSR count). The standard InChI is InChI=1S/C10H18O2/c1-4-9(7-11)6-10(5-2)8(3)12/h7,9-10H,4-6H2,1-3H3/t9-,10+/m0/s1. The molecule has 12 heavy (non-hydrogen) atoms. The molecule has 0 aliphatic rings. The van der Waals surface area contributed by atoms with Gasteiger partial charge in [0.25, 0.3) is 0 Å². The summed E-state index contributed by atoms with van der Waals surface area (Å²) in [6, 6.07) is 0. The van der Waals surface area contributed by atoms with Crippen LogP contribution in [0.4, 0.5) is 0 Å². The molecule has 2 nitrogen and oxygen atoms in total. The zero-order chi connectivity index (χ0) is 9.56. The summed E-state index contributed by atoms with van der Waals surface area (Å²) in [6.45, 7) is 5.57. The van der Waals surface area contributed by atoms with Gasteiger partial charge in [-0.15, -0.1) is 0 Å². The number of hydrogen-bond donors (Lipinski definition) is 0. The summed E-state index contributed by atoms with van der Waals surface area (Å²) in [5.74, 6) is 0.358. The molecule has 0 saturated heterocycles. The molecular weight excluding hydrogens is 152 g/mol. The highest BCUT2D eigenvalue weighted by Crippen LogP contribution is 2.17. The van der Waals surface area contributed by atoms with Crippen molar-refractivity contribution in [1.82, 2.24) is 0 Å². The Bertz CT molecular complexity index is 152. The third-order valence-electron chi connectivity index (χ3n) is 2.37. The van der Waals surface area contributed by atoms with Crippen molar-refractivity contribution in [3.63, 3.8) is 0 Å². The molecule has 0 unspecified atom stereocenters. The topological polar surface area (TPSA) is 34.1 Å². The lowest BCUT2D eigenvalue weighted by molar-refractivity contribution is -0.121. The maximum atomic E-state index is 11.0. The minimum Gasteiger partial charge on any atom is -0.303 e. The van der Waals surface area contributed by atoms with Crippen LogP contribution >= 0.6 is 0 Å². The molecule has 0 spiro atoms. The van der Waals surface area contributed by atoms with Crippen molar-refractivity contribution in [2.24, 2.45) is 11.8 Å². The zero-order valence-corrected chi connectivity index (χ0v) is 8.17. The quantitative estimate of drug-likeness (QED) is 0.573. The van der Waals surface area contributed by atoms with Crippen LogP contribution in [0, 0.1) is 11.8 Å². The molecule has 0 heterocycles. The van der Waals surface area contributed by atoms with Gasteiger partial charge in [-0.05, 0) is 26.2 Å². The van der Waals surface area contributed by atoms with E-state index in [1.165, 1.54) is 0 Å². The van der Waals surface area contributed by atoms with Crippen LogP contribution in [-0.2, 0) is 9.59 Å². The van der Waals surface area contributed by atoms with Crippen LogP contribution in [0.3, 0.4) is 0 Å². The molecule has 0 aromatic rings. The van der Waals surface area contributed by atoms with Gasteiger partial charge in [0.15, 0.2) is 0 Å². The predicted molar refractivity (Wildman–Crippen MR) is 48.9 cm³/mol. The maximum absolute atomic E-state index is 11.0.